The zero-order valence-corrected chi connectivity index (χ0v) is 3.15. The van der Waals surface area contributed by atoms with Gasteiger partial charge >= 0.3 is 35.5 Å². The third-order valence-electron chi connectivity index (χ3n) is 0.333. The summed E-state index contributed by atoms with van der Waals surface area (Å²) in [6.45, 7) is 2.00. The second-order valence-corrected chi connectivity index (χ2v) is 0.667. The fraction of sp³-hybridized carbons (Fsp3) is 0.333. The van der Waals surface area contributed by atoms with Gasteiger partial charge in [0.25, 0.3) is 0 Å². The summed E-state index contributed by atoms with van der Waals surface area (Å²) in [5.74, 6) is 0. The van der Waals surface area contributed by atoms with Gasteiger partial charge in [-0.15, -0.1) is 0 Å². The Morgan fingerprint density at radius 1 is 1.75 bits per heavy atom. The molecule has 0 atom stereocenters. The first kappa shape index (κ1) is 4.34. The SMILES string of the molecule is [Li]/[CH]=C/C. The van der Waals surface area contributed by atoms with E-state index in [0.717, 1.165) is 0 Å². The molecule has 1 heteroatoms. The summed E-state index contributed by atoms with van der Waals surface area (Å²) < 4.78 is 2.00. The van der Waals surface area contributed by atoms with Gasteiger partial charge in [0.1, 0.15) is 0 Å². The van der Waals surface area contributed by atoms with E-state index in [9.17, 15) is 0 Å². The van der Waals surface area contributed by atoms with Crippen molar-refractivity contribution in [2.24, 2.45) is 0 Å². The van der Waals surface area contributed by atoms with E-state index in [1.54, 1.807) is 0 Å². The summed E-state index contributed by atoms with van der Waals surface area (Å²) >= 11 is 2.00. The summed E-state index contributed by atoms with van der Waals surface area (Å²) in [4.78, 5) is 0. The van der Waals surface area contributed by atoms with Crippen molar-refractivity contribution in [1.82, 2.24) is 0 Å². The zero-order chi connectivity index (χ0) is 3.41. The zero-order valence-electron chi connectivity index (χ0n) is 3.15. The summed E-state index contributed by atoms with van der Waals surface area (Å²) in [5.41, 5.74) is 0. The molecule has 0 saturated heterocycles. The third kappa shape index (κ3) is 2.34. The summed E-state index contributed by atoms with van der Waals surface area (Å²) in [7, 11) is 0. The van der Waals surface area contributed by atoms with Gasteiger partial charge in [0.2, 0.25) is 0 Å². The van der Waals surface area contributed by atoms with Gasteiger partial charge in [-0.3, -0.25) is 0 Å². The van der Waals surface area contributed by atoms with Crippen LogP contribution in [0.1, 0.15) is 6.92 Å². The molecule has 0 saturated carbocycles. The molecule has 0 aliphatic rings. The molecule has 0 unspecified atom stereocenters. The average Bonchev–Trinajstić information content (AvgIpc) is 1.37. The molecule has 0 bridgehead atoms. The molecule has 0 aliphatic heterocycles. The molecule has 0 amide bonds. The van der Waals surface area contributed by atoms with E-state index < -0.39 is 0 Å². The van der Waals surface area contributed by atoms with E-state index in [-0.39, 0.29) is 0 Å². The summed E-state index contributed by atoms with van der Waals surface area (Å²) in [5, 5.41) is 0. The Morgan fingerprint density at radius 2 is 2.00 bits per heavy atom. The maximum atomic E-state index is 2.00. The monoisotopic (exact) mass is 48.1 g/mol. The minimum absolute atomic E-state index is 2.00. The number of hydrogen-bond donors (Lipinski definition) is 0. The van der Waals surface area contributed by atoms with Gasteiger partial charge in [-0.2, -0.15) is 0 Å². The second kappa shape index (κ2) is 3.34. The average molecular weight is 48.0 g/mol. The van der Waals surface area contributed by atoms with Crippen LogP contribution in [0.15, 0.2) is 10.8 Å². The Balaban J connectivity index is 2.55. The topological polar surface area (TPSA) is 0 Å². The van der Waals surface area contributed by atoms with Crippen molar-refractivity contribution in [3.05, 3.63) is 10.8 Å². The van der Waals surface area contributed by atoms with Gasteiger partial charge in [-0.25, -0.2) is 0 Å². The van der Waals surface area contributed by atoms with Crippen LogP contribution in [0.3, 0.4) is 0 Å². The van der Waals surface area contributed by atoms with E-state index in [1.165, 1.54) is 0 Å². The van der Waals surface area contributed by atoms with Gasteiger partial charge in [-0.1, -0.05) is 0 Å². The molecule has 0 N–H and O–H groups in total. The van der Waals surface area contributed by atoms with Crippen LogP contribution in [0.25, 0.3) is 0 Å². The standard InChI is InChI=1S/C3H5.Li/c1-3-2;/h1,3H,2H3;. The van der Waals surface area contributed by atoms with Crippen LogP contribution in [0.4, 0.5) is 0 Å². The molecule has 0 spiro atoms. The van der Waals surface area contributed by atoms with Crippen LogP contribution in [0, 0.1) is 0 Å². The number of rotatable bonds is 0. The molecule has 4 heavy (non-hydrogen) atoms. The van der Waals surface area contributed by atoms with Crippen LogP contribution >= 0.6 is 0 Å². The van der Waals surface area contributed by atoms with Crippen molar-refractivity contribution in [3.8, 4) is 0 Å². The minimum atomic E-state index is 2.00. The molecular weight excluding hydrogens is 43.0 g/mol. The van der Waals surface area contributed by atoms with Crippen molar-refractivity contribution in [1.29, 1.82) is 0 Å². The van der Waals surface area contributed by atoms with E-state index >= 15 is 0 Å². The fourth-order valence-corrected chi connectivity index (χ4v) is 0. The van der Waals surface area contributed by atoms with E-state index in [1.807, 2.05) is 35.5 Å². The molecule has 0 rings (SSSR count). The number of hydrogen-bond acceptors (Lipinski definition) is 0. The Labute approximate surface area is 36.1 Å². The molecule has 0 fully saturated rings. The summed E-state index contributed by atoms with van der Waals surface area (Å²) in [6.07, 6.45) is 2.00. The Bertz CT molecular complexity index is 18.5. The molecule has 0 aliphatic carbocycles. The van der Waals surface area contributed by atoms with E-state index in [0.29, 0.717) is 0 Å². The second-order valence-electron chi connectivity index (χ2n) is 0.667. The van der Waals surface area contributed by atoms with E-state index in [4.69, 9.17) is 0 Å². The van der Waals surface area contributed by atoms with Crippen molar-refractivity contribution in [3.63, 3.8) is 0 Å². The van der Waals surface area contributed by atoms with Crippen LogP contribution in [0.2, 0.25) is 0 Å². The molecule has 0 radical (unpaired) electrons. The molecule has 0 nitrogen and oxygen atoms in total. The Morgan fingerprint density at radius 3 is 2.00 bits per heavy atom. The van der Waals surface area contributed by atoms with E-state index in [2.05, 4.69) is 0 Å². The fourth-order valence-electron chi connectivity index (χ4n) is 0. The molecule has 0 aromatic heterocycles. The number of allylic oxidation sites excluding steroid dienone is 1. The van der Waals surface area contributed by atoms with Gasteiger partial charge in [0, 0.05) is 0 Å². The quantitative estimate of drug-likeness (QED) is 0.353. The van der Waals surface area contributed by atoms with Gasteiger partial charge in [0.05, 0.1) is 0 Å². The Kier molecular flexibility index (Phi) is 3.62. The van der Waals surface area contributed by atoms with Crippen molar-refractivity contribution in [2.45, 2.75) is 6.92 Å². The van der Waals surface area contributed by atoms with Gasteiger partial charge in [-0.05, 0) is 0 Å². The predicted molar refractivity (Wildman–Crippen MR) is 20.6 cm³/mol. The van der Waals surface area contributed by atoms with Gasteiger partial charge in [0.15, 0.2) is 0 Å². The van der Waals surface area contributed by atoms with Gasteiger partial charge < -0.3 is 0 Å². The molecule has 0 heterocycles. The first-order valence-corrected chi connectivity index (χ1v) is 1.49. The van der Waals surface area contributed by atoms with Crippen LogP contribution < -0.4 is 0 Å². The van der Waals surface area contributed by atoms with Crippen molar-refractivity contribution < 1.29 is 0 Å². The molecule has 18 valence electrons. The first-order valence-electron chi connectivity index (χ1n) is 1.49. The normalized spacial score (nSPS) is 9.75. The Hall–Kier alpha value is 0.337. The first-order chi connectivity index (χ1) is 1.91. The van der Waals surface area contributed by atoms with Crippen LogP contribution in [-0.2, 0) is 0 Å². The molecule has 0 aromatic rings. The maximum absolute atomic E-state index is 2.00. The summed E-state index contributed by atoms with van der Waals surface area (Å²) in [6, 6.07) is 0. The van der Waals surface area contributed by atoms with Crippen LogP contribution in [0.5, 0.6) is 0 Å². The predicted octanol–water partition coefficient (Wildman–Crippen LogP) is 0.688. The third-order valence-corrected chi connectivity index (χ3v) is 0.333. The van der Waals surface area contributed by atoms with Crippen molar-refractivity contribution in [2.75, 3.05) is 0 Å². The molecular formula is C3H5Li. The molecule has 0 aromatic carbocycles. The van der Waals surface area contributed by atoms with Crippen LogP contribution in [-0.4, -0.2) is 17.7 Å². The van der Waals surface area contributed by atoms with Crippen molar-refractivity contribution >= 4 is 17.7 Å².